The maximum Gasteiger partial charge on any atom is 0.159 e. The number of hydrogen-bond acceptors (Lipinski definition) is 4. The Labute approximate surface area is 195 Å². The summed E-state index contributed by atoms with van der Waals surface area (Å²) in [6.07, 6.45) is 10.1. The van der Waals surface area contributed by atoms with Gasteiger partial charge in [-0.15, -0.1) is 0 Å². The molecule has 1 heterocycles. The Kier molecular flexibility index (Phi) is 5.68. The van der Waals surface area contributed by atoms with Gasteiger partial charge in [-0.05, 0) is 87.9 Å². The van der Waals surface area contributed by atoms with Gasteiger partial charge in [-0.2, -0.15) is 0 Å². The first-order valence-electron chi connectivity index (χ1n) is 13.4. The summed E-state index contributed by atoms with van der Waals surface area (Å²) in [5.41, 5.74) is 1.39. The lowest BCUT2D eigenvalue weighted by atomic mass is 9.45. The first-order valence-corrected chi connectivity index (χ1v) is 13.4. The molecule has 3 saturated carbocycles. The first-order chi connectivity index (χ1) is 15.0. The maximum absolute atomic E-state index is 11.7. The Hall–Kier alpha value is -0.420. The molecule has 9 unspecified atom stereocenters. The summed E-state index contributed by atoms with van der Waals surface area (Å²) >= 11 is 0. The average Bonchev–Trinajstić information content (AvgIpc) is 3.20. The Morgan fingerprint density at radius 1 is 1.00 bits per heavy atom. The molecule has 32 heavy (non-hydrogen) atoms. The molecule has 4 heteroatoms. The molecule has 5 rings (SSSR count). The fourth-order valence-corrected chi connectivity index (χ4v) is 9.00. The number of aliphatic hydroxyl groups excluding tert-OH is 2. The van der Waals surface area contributed by atoms with E-state index in [0.29, 0.717) is 23.7 Å². The molecule has 2 N–H and O–H groups in total. The van der Waals surface area contributed by atoms with Crippen LogP contribution < -0.4 is 0 Å². The van der Waals surface area contributed by atoms with E-state index in [-0.39, 0.29) is 47.0 Å². The number of rotatable bonds is 3. The Morgan fingerprint density at radius 2 is 1.75 bits per heavy atom. The third-order valence-corrected chi connectivity index (χ3v) is 10.7. The van der Waals surface area contributed by atoms with Crippen molar-refractivity contribution in [1.82, 2.24) is 0 Å². The predicted molar refractivity (Wildman–Crippen MR) is 126 cm³/mol. The molecule has 4 aliphatic carbocycles. The van der Waals surface area contributed by atoms with Crippen molar-refractivity contribution in [3.63, 3.8) is 0 Å². The van der Waals surface area contributed by atoms with Crippen LogP contribution in [0.15, 0.2) is 11.6 Å². The van der Waals surface area contributed by atoms with Gasteiger partial charge in [0.25, 0.3) is 0 Å². The van der Waals surface area contributed by atoms with Gasteiger partial charge in [0.1, 0.15) is 0 Å². The van der Waals surface area contributed by atoms with Crippen molar-refractivity contribution in [3.05, 3.63) is 11.6 Å². The predicted octanol–water partition coefficient (Wildman–Crippen LogP) is 5.46. The maximum atomic E-state index is 11.7. The number of fused-ring (bicyclic) bond motifs is 5. The van der Waals surface area contributed by atoms with Crippen molar-refractivity contribution < 1.29 is 19.7 Å². The van der Waals surface area contributed by atoms with E-state index < -0.39 is 0 Å². The molecule has 0 spiro atoms. The lowest BCUT2D eigenvalue weighted by Crippen LogP contribution is -2.57. The van der Waals surface area contributed by atoms with E-state index in [0.717, 1.165) is 38.5 Å². The van der Waals surface area contributed by atoms with Crippen molar-refractivity contribution in [2.75, 3.05) is 0 Å². The number of aliphatic hydroxyl groups is 2. The van der Waals surface area contributed by atoms with Crippen LogP contribution in [0.25, 0.3) is 0 Å². The molecule has 0 amide bonds. The third kappa shape index (κ3) is 3.46. The second kappa shape index (κ2) is 7.80. The van der Waals surface area contributed by atoms with E-state index in [1.165, 1.54) is 18.4 Å². The Balaban J connectivity index is 1.46. The van der Waals surface area contributed by atoms with Gasteiger partial charge >= 0.3 is 0 Å². The fourth-order valence-electron chi connectivity index (χ4n) is 9.00. The van der Waals surface area contributed by atoms with Crippen LogP contribution in [0.4, 0.5) is 0 Å². The van der Waals surface area contributed by atoms with Gasteiger partial charge in [0.05, 0.1) is 23.9 Å². The molecule has 5 aliphatic rings. The van der Waals surface area contributed by atoms with Gasteiger partial charge in [-0.1, -0.05) is 39.3 Å². The normalized spacial score (nSPS) is 52.3. The van der Waals surface area contributed by atoms with Gasteiger partial charge in [-0.3, -0.25) is 0 Å². The van der Waals surface area contributed by atoms with Gasteiger partial charge in [0.2, 0.25) is 0 Å². The van der Waals surface area contributed by atoms with Crippen molar-refractivity contribution in [2.24, 2.45) is 40.4 Å². The van der Waals surface area contributed by atoms with Crippen molar-refractivity contribution in [3.8, 4) is 0 Å². The van der Waals surface area contributed by atoms with Gasteiger partial charge < -0.3 is 19.7 Å². The van der Waals surface area contributed by atoms with E-state index in [2.05, 4.69) is 47.6 Å². The van der Waals surface area contributed by atoms with Crippen LogP contribution >= 0.6 is 0 Å². The molecule has 0 bridgehead atoms. The van der Waals surface area contributed by atoms with E-state index >= 15 is 0 Å². The zero-order valence-electron chi connectivity index (χ0n) is 21.1. The van der Waals surface area contributed by atoms with E-state index in [1.807, 2.05) is 0 Å². The first kappa shape index (κ1) is 23.3. The summed E-state index contributed by atoms with van der Waals surface area (Å²) in [5.74, 6) is 2.34. The molecule has 0 aromatic carbocycles. The summed E-state index contributed by atoms with van der Waals surface area (Å²) < 4.78 is 12.9. The third-order valence-electron chi connectivity index (χ3n) is 10.7. The van der Waals surface area contributed by atoms with Crippen molar-refractivity contribution >= 4 is 0 Å². The molecule has 182 valence electrons. The molecule has 10 atom stereocenters. The Morgan fingerprint density at radius 3 is 2.41 bits per heavy atom. The molecule has 0 radical (unpaired) electrons. The highest BCUT2D eigenvalue weighted by Crippen LogP contribution is 2.67. The lowest BCUT2D eigenvalue weighted by Gasteiger charge is -2.61. The van der Waals surface area contributed by atoms with Gasteiger partial charge in [-0.25, -0.2) is 0 Å². The summed E-state index contributed by atoms with van der Waals surface area (Å²) in [6, 6.07) is 0. The summed E-state index contributed by atoms with van der Waals surface area (Å²) in [6.45, 7) is 13.7. The average molecular weight is 447 g/mol. The second-order valence-electron chi connectivity index (χ2n) is 13.3. The molecule has 1 aliphatic heterocycles. The minimum absolute atomic E-state index is 0.0148. The second-order valence-corrected chi connectivity index (χ2v) is 13.3. The minimum atomic E-state index is -0.334. The van der Waals surface area contributed by atoms with E-state index in [9.17, 15) is 10.2 Å². The smallest absolute Gasteiger partial charge is 0.159 e. The van der Waals surface area contributed by atoms with E-state index in [4.69, 9.17) is 9.47 Å². The summed E-state index contributed by atoms with van der Waals surface area (Å²) in [5, 5.41) is 22.1. The Bertz CT molecular complexity index is 759. The molecule has 4 nitrogen and oxygen atoms in total. The standard InChI is InChI=1S/C28H46O4/c1-16(2)25-22(31-24-10-11-26(3,4)32-24)14-21-19-8-7-17-13-18(29)9-12-27(17,5)20(19)15-23(30)28(21,25)6/h14,16-20,22-25,29-30H,7-13,15H2,1-6H3/t17?,18?,19?,20?,22?,23?,24-,25?,27?,28?/m1/s1. The molecular weight excluding hydrogens is 400 g/mol. The van der Waals surface area contributed by atoms with Crippen LogP contribution in [0.5, 0.6) is 0 Å². The monoisotopic (exact) mass is 446 g/mol. The summed E-state index contributed by atoms with van der Waals surface area (Å²) in [7, 11) is 0. The molecule has 0 aromatic heterocycles. The quantitative estimate of drug-likeness (QED) is 0.565. The van der Waals surface area contributed by atoms with Gasteiger partial charge in [0, 0.05) is 17.8 Å². The van der Waals surface area contributed by atoms with Crippen LogP contribution in [-0.4, -0.2) is 40.4 Å². The fraction of sp³-hybridized carbons (Fsp3) is 0.929. The zero-order valence-corrected chi connectivity index (χ0v) is 21.1. The highest BCUT2D eigenvalue weighted by Gasteiger charge is 2.63. The van der Waals surface area contributed by atoms with Crippen LogP contribution in [0.1, 0.15) is 92.9 Å². The SMILES string of the molecule is CC(C)C1C(O[C@H]2CCC(C)(C)O2)C=C2C3CCC4CC(O)CCC4(C)C3CC(O)C21C. The highest BCUT2D eigenvalue weighted by atomic mass is 16.7. The molecule has 4 fully saturated rings. The molecule has 0 aromatic rings. The van der Waals surface area contributed by atoms with Crippen LogP contribution in [0.2, 0.25) is 0 Å². The highest BCUT2D eigenvalue weighted by molar-refractivity contribution is 5.34. The van der Waals surface area contributed by atoms with Crippen molar-refractivity contribution in [2.45, 2.75) is 123 Å². The van der Waals surface area contributed by atoms with Crippen LogP contribution in [0, 0.1) is 40.4 Å². The molecular formula is C28H46O4. The number of hydrogen-bond donors (Lipinski definition) is 2. The molecule has 1 saturated heterocycles. The van der Waals surface area contributed by atoms with Crippen molar-refractivity contribution in [1.29, 1.82) is 0 Å². The zero-order chi connectivity index (χ0) is 23.1. The van der Waals surface area contributed by atoms with Gasteiger partial charge in [0.15, 0.2) is 6.29 Å². The topological polar surface area (TPSA) is 58.9 Å². The van der Waals surface area contributed by atoms with Crippen LogP contribution in [-0.2, 0) is 9.47 Å². The lowest BCUT2D eigenvalue weighted by molar-refractivity contribution is -0.195. The van der Waals surface area contributed by atoms with E-state index in [1.54, 1.807) is 0 Å². The summed E-state index contributed by atoms with van der Waals surface area (Å²) in [4.78, 5) is 0. The largest absolute Gasteiger partial charge is 0.393 e. The minimum Gasteiger partial charge on any atom is -0.393 e. The van der Waals surface area contributed by atoms with Crippen LogP contribution in [0.3, 0.4) is 0 Å². The number of ether oxygens (including phenoxy) is 2.